The van der Waals surface area contributed by atoms with Crippen molar-refractivity contribution >= 4 is 29.5 Å². The van der Waals surface area contributed by atoms with Gasteiger partial charge in [0.2, 0.25) is 0 Å². The van der Waals surface area contributed by atoms with E-state index in [9.17, 15) is 9.59 Å². The number of hydrogen-bond acceptors (Lipinski definition) is 4. The van der Waals surface area contributed by atoms with Gasteiger partial charge in [-0.05, 0) is 30.5 Å². The van der Waals surface area contributed by atoms with Crippen LogP contribution in [0.25, 0.3) is 12.2 Å². The molecule has 2 rings (SSSR count). The number of aromatic amines is 1. The number of thiazole rings is 1. The van der Waals surface area contributed by atoms with Crippen molar-refractivity contribution in [3.8, 4) is 0 Å². The number of ether oxygens (including phenoxy) is 1. The Morgan fingerprint density at radius 2 is 2.00 bits per heavy atom. The third kappa shape index (κ3) is 4.16. The standard InChI is InChI=1S/C16H17NO3S/c1-3-11-5-7-12(8-6-11)9-13-16(19)17-14(21-13)10-15(18)20-4-2/h5-10H,3-4H2,1-2H3,(H,17,19)/b13-9+,14-10+. The second-order valence-corrected chi connectivity index (χ2v) is 5.50. The van der Waals surface area contributed by atoms with Gasteiger partial charge in [-0.15, -0.1) is 11.3 Å². The second kappa shape index (κ2) is 7.04. The van der Waals surface area contributed by atoms with E-state index in [1.807, 2.05) is 30.3 Å². The van der Waals surface area contributed by atoms with Crippen LogP contribution >= 0.6 is 11.3 Å². The Hall–Kier alpha value is -2.14. The third-order valence-electron chi connectivity index (χ3n) is 2.90. The number of nitrogens with one attached hydrogen (secondary N) is 1. The lowest BCUT2D eigenvalue weighted by molar-refractivity contribution is -0.135. The molecule has 0 saturated heterocycles. The monoisotopic (exact) mass is 303 g/mol. The topological polar surface area (TPSA) is 59.2 Å². The van der Waals surface area contributed by atoms with Crippen LogP contribution < -0.4 is 14.8 Å². The number of carbonyl (C=O) groups is 1. The van der Waals surface area contributed by atoms with Crippen molar-refractivity contribution in [3.63, 3.8) is 0 Å². The summed E-state index contributed by atoms with van der Waals surface area (Å²) in [6.07, 6.45) is 4.09. The Labute approximate surface area is 126 Å². The summed E-state index contributed by atoms with van der Waals surface area (Å²) in [5, 5.41) is 0. The van der Waals surface area contributed by atoms with E-state index in [2.05, 4.69) is 11.9 Å². The second-order valence-electron chi connectivity index (χ2n) is 4.42. The lowest BCUT2D eigenvalue weighted by atomic mass is 10.1. The first-order valence-electron chi connectivity index (χ1n) is 6.80. The Bertz CT molecular complexity index is 784. The zero-order chi connectivity index (χ0) is 15.2. The van der Waals surface area contributed by atoms with Gasteiger partial charge in [0.1, 0.15) is 4.66 Å². The van der Waals surface area contributed by atoms with Gasteiger partial charge in [0.15, 0.2) is 0 Å². The van der Waals surface area contributed by atoms with E-state index in [4.69, 9.17) is 4.74 Å². The summed E-state index contributed by atoms with van der Waals surface area (Å²) in [7, 11) is 0. The fraction of sp³-hybridized carbons (Fsp3) is 0.250. The van der Waals surface area contributed by atoms with Crippen LogP contribution in [0.2, 0.25) is 0 Å². The lowest BCUT2D eigenvalue weighted by Gasteiger charge is -1.96. The molecule has 0 amide bonds. The molecule has 1 heterocycles. The maximum Gasteiger partial charge on any atom is 0.333 e. The molecule has 0 spiro atoms. The van der Waals surface area contributed by atoms with Crippen LogP contribution in [0.4, 0.5) is 0 Å². The molecular formula is C16H17NO3S. The van der Waals surface area contributed by atoms with Crippen molar-refractivity contribution in [1.29, 1.82) is 0 Å². The number of carbonyl (C=O) groups excluding carboxylic acids is 1. The first-order chi connectivity index (χ1) is 10.1. The van der Waals surface area contributed by atoms with Gasteiger partial charge in [-0.25, -0.2) is 4.79 Å². The van der Waals surface area contributed by atoms with Gasteiger partial charge < -0.3 is 9.72 Å². The van der Waals surface area contributed by atoms with Crippen molar-refractivity contribution < 1.29 is 9.53 Å². The molecule has 4 nitrogen and oxygen atoms in total. The molecule has 0 aliphatic carbocycles. The van der Waals surface area contributed by atoms with Crippen LogP contribution in [-0.2, 0) is 16.0 Å². The first-order valence-corrected chi connectivity index (χ1v) is 7.62. The van der Waals surface area contributed by atoms with Crippen LogP contribution in [0.1, 0.15) is 25.0 Å². The van der Waals surface area contributed by atoms with Gasteiger partial charge in [-0.1, -0.05) is 31.2 Å². The number of hydrogen-bond donors (Lipinski definition) is 1. The van der Waals surface area contributed by atoms with Crippen LogP contribution in [0.3, 0.4) is 0 Å². The van der Waals surface area contributed by atoms with Gasteiger partial charge in [-0.2, -0.15) is 0 Å². The van der Waals surface area contributed by atoms with Crippen LogP contribution in [0, 0.1) is 0 Å². The lowest BCUT2D eigenvalue weighted by Crippen LogP contribution is -2.20. The van der Waals surface area contributed by atoms with Crippen LogP contribution in [0.5, 0.6) is 0 Å². The van der Waals surface area contributed by atoms with Gasteiger partial charge in [0, 0.05) is 0 Å². The normalized spacial score (nSPS) is 12.7. The minimum absolute atomic E-state index is 0.199. The average Bonchev–Trinajstić information content (AvgIpc) is 2.79. The molecule has 5 heteroatoms. The third-order valence-corrected chi connectivity index (χ3v) is 3.86. The summed E-state index contributed by atoms with van der Waals surface area (Å²) in [6, 6.07) is 8.04. The first kappa shape index (κ1) is 15.3. The predicted octanol–water partition coefficient (Wildman–Crippen LogP) is 1.17. The number of H-pyrrole nitrogens is 1. The van der Waals surface area contributed by atoms with Crippen LogP contribution in [0.15, 0.2) is 29.1 Å². The van der Waals surface area contributed by atoms with Gasteiger partial charge in [0.25, 0.3) is 5.56 Å². The maximum atomic E-state index is 11.9. The number of esters is 1. The minimum Gasteiger partial charge on any atom is -0.463 e. The molecule has 0 aliphatic rings. The summed E-state index contributed by atoms with van der Waals surface area (Å²) in [5.41, 5.74) is 2.01. The average molecular weight is 303 g/mol. The summed E-state index contributed by atoms with van der Waals surface area (Å²) >= 11 is 1.24. The minimum atomic E-state index is -0.450. The molecule has 21 heavy (non-hydrogen) atoms. The molecule has 0 bridgehead atoms. The smallest absolute Gasteiger partial charge is 0.333 e. The quantitative estimate of drug-likeness (QED) is 0.863. The molecule has 0 radical (unpaired) electrons. The highest BCUT2D eigenvalue weighted by Crippen LogP contribution is 2.05. The molecule has 0 aliphatic heterocycles. The van der Waals surface area contributed by atoms with E-state index in [0.29, 0.717) is 15.8 Å². The van der Waals surface area contributed by atoms with Crippen molar-refractivity contribution in [3.05, 3.63) is 54.9 Å². The molecule has 1 N–H and O–H groups in total. The highest BCUT2D eigenvalue weighted by molar-refractivity contribution is 7.07. The zero-order valence-corrected chi connectivity index (χ0v) is 12.8. The van der Waals surface area contributed by atoms with Crippen molar-refractivity contribution in [2.75, 3.05) is 6.61 Å². The summed E-state index contributed by atoms with van der Waals surface area (Å²) in [6.45, 7) is 4.15. The zero-order valence-electron chi connectivity index (χ0n) is 12.0. The molecule has 0 unspecified atom stereocenters. The Kier molecular flexibility index (Phi) is 5.11. The Morgan fingerprint density at radius 1 is 1.29 bits per heavy atom. The molecule has 1 aromatic carbocycles. The summed E-state index contributed by atoms with van der Waals surface area (Å²) in [4.78, 5) is 25.9. The van der Waals surface area contributed by atoms with Crippen molar-refractivity contribution in [2.45, 2.75) is 20.3 Å². The van der Waals surface area contributed by atoms with Gasteiger partial charge in [0.05, 0.1) is 17.2 Å². The summed E-state index contributed by atoms with van der Waals surface area (Å²) < 4.78 is 5.88. The predicted molar refractivity (Wildman–Crippen MR) is 84.7 cm³/mol. The van der Waals surface area contributed by atoms with E-state index >= 15 is 0 Å². The van der Waals surface area contributed by atoms with Gasteiger partial charge >= 0.3 is 5.97 Å². The van der Waals surface area contributed by atoms with E-state index in [0.717, 1.165) is 12.0 Å². The Balaban J connectivity index is 2.36. The highest BCUT2D eigenvalue weighted by Gasteiger charge is 1.99. The molecular weight excluding hydrogens is 286 g/mol. The van der Waals surface area contributed by atoms with Crippen molar-refractivity contribution in [2.24, 2.45) is 0 Å². The van der Waals surface area contributed by atoms with E-state index in [1.165, 1.54) is 23.0 Å². The van der Waals surface area contributed by atoms with E-state index < -0.39 is 5.97 Å². The number of rotatable bonds is 4. The van der Waals surface area contributed by atoms with Crippen LogP contribution in [-0.4, -0.2) is 17.6 Å². The molecule has 2 aromatic rings. The number of benzene rings is 1. The number of aryl methyl sites for hydroxylation is 1. The summed E-state index contributed by atoms with van der Waals surface area (Å²) in [5.74, 6) is -0.450. The molecule has 0 saturated carbocycles. The molecule has 1 aromatic heterocycles. The highest BCUT2D eigenvalue weighted by atomic mass is 32.1. The van der Waals surface area contributed by atoms with E-state index in [-0.39, 0.29) is 5.56 Å². The SMILES string of the molecule is CCOC(=O)/C=c1\[nH]c(=O)/c(=C\c2ccc(CC)cc2)s1. The largest absolute Gasteiger partial charge is 0.463 e. The van der Waals surface area contributed by atoms with Crippen molar-refractivity contribution in [1.82, 2.24) is 4.98 Å². The fourth-order valence-corrected chi connectivity index (χ4v) is 2.69. The van der Waals surface area contributed by atoms with E-state index in [1.54, 1.807) is 6.92 Å². The Morgan fingerprint density at radius 3 is 2.62 bits per heavy atom. The molecule has 0 fully saturated rings. The number of aromatic nitrogens is 1. The molecule has 0 atom stereocenters. The van der Waals surface area contributed by atoms with Gasteiger partial charge in [-0.3, -0.25) is 4.79 Å². The maximum absolute atomic E-state index is 11.9. The molecule has 110 valence electrons. The fourth-order valence-electron chi connectivity index (χ4n) is 1.82.